The van der Waals surface area contributed by atoms with Crippen LogP contribution in [0.3, 0.4) is 0 Å². The van der Waals surface area contributed by atoms with Gasteiger partial charge in [-0.15, -0.1) is 0 Å². The third-order valence-electron chi connectivity index (χ3n) is 3.58. The fourth-order valence-electron chi connectivity index (χ4n) is 2.84. The molecule has 1 aromatic carbocycles. The van der Waals surface area contributed by atoms with E-state index in [0.29, 0.717) is 12.0 Å². The maximum absolute atomic E-state index is 5.89. The quantitative estimate of drug-likeness (QED) is 0.841. The van der Waals surface area contributed by atoms with E-state index >= 15 is 0 Å². The van der Waals surface area contributed by atoms with Gasteiger partial charge in [-0.3, -0.25) is 4.90 Å². The summed E-state index contributed by atoms with van der Waals surface area (Å²) in [5.41, 5.74) is 7.33. The van der Waals surface area contributed by atoms with Crippen molar-refractivity contribution in [3.05, 3.63) is 35.9 Å². The third-order valence-corrected chi connectivity index (χ3v) is 3.58. The lowest BCUT2D eigenvalue weighted by Crippen LogP contribution is -2.28. The monoisotopic (exact) mass is 218 g/mol. The van der Waals surface area contributed by atoms with Gasteiger partial charge in [0.05, 0.1) is 0 Å². The van der Waals surface area contributed by atoms with Gasteiger partial charge in [-0.2, -0.15) is 0 Å². The van der Waals surface area contributed by atoms with Crippen LogP contribution in [0.4, 0.5) is 0 Å². The summed E-state index contributed by atoms with van der Waals surface area (Å²) in [6.45, 7) is 5.45. The van der Waals surface area contributed by atoms with Crippen molar-refractivity contribution in [2.45, 2.75) is 25.8 Å². The van der Waals surface area contributed by atoms with Crippen LogP contribution in [0.15, 0.2) is 30.3 Å². The van der Waals surface area contributed by atoms with Crippen LogP contribution < -0.4 is 5.73 Å². The van der Waals surface area contributed by atoms with Crippen molar-refractivity contribution in [2.24, 2.45) is 11.7 Å². The van der Waals surface area contributed by atoms with Gasteiger partial charge in [-0.1, -0.05) is 37.3 Å². The summed E-state index contributed by atoms with van der Waals surface area (Å²) < 4.78 is 0. The molecule has 0 radical (unpaired) electrons. The first-order valence-electron chi connectivity index (χ1n) is 6.36. The van der Waals surface area contributed by atoms with E-state index in [2.05, 4.69) is 42.2 Å². The summed E-state index contributed by atoms with van der Waals surface area (Å²) in [5, 5.41) is 0. The van der Waals surface area contributed by atoms with Gasteiger partial charge in [0, 0.05) is 6.04 Å². The lowest BCUT2D eigenvalue weighted by molar-refractivity contribution is 0.230. The first kappa shape index (κ1) is 11.6. The average Bonchev–Trinajstić information content (AvgIpc) is 2.74. The summed E-state index contributed by atoms with van der Waals surface area (Å²) in [6, 6.07) is 11.4. The topological polar surface area (TPSA) is 29.3 Å². The van der Waals surface area contributed by atoms with E-state index < -0.39 is 0 Å². The first-order valence-corrected chi connectivity index (χ1v) is 6.36. The number of nitrogens with zero attached hydrogens (tertiary/aromatic N) is 1. The zero-order valence-electron chi connectivity index (χ0n) is 10.1. The van der Waals surface area contributed by atoms with E-state index in [1.807, 2.05) is 0 Å². The van der Waals surface area contributed by atoms with Crippen molar-refractivity contribution in [3.8, 4) is 0 Å². The number of hydrogen-bond donors (Lipinski definition) is 1. The predicted octanol–water partition coefficient (Wildman–Crippen LogP) is 2.42. The molecule has 2 unspecified atom stereocenters. The Kier molecular flexibility index (Phi) is 3.97. The van der Waals surface area contributed by atoms with Gasteiger partial charge in [-0.25, -0.2) is 0 Å². The molecule has 2 rings (SSSR count). The highest BCUT2D eigenvalue weighted by Gasteiger charge is 2.33. The molecule has 1 fully saturated rings. The summed E-state index contributed by atoms with van der Waals surface area (Å²) >= 11 is 0. The number of likely N-dealkylation sites (tertiary alicyclic amines) is 1. The molecule has 0 aromatic heterocycles. The van der Waals surface area contributed by atoms with Crippen LogP contribution in [0.25, 0.3) is 0 Å². The number of benzene rings is 1. The highest BCUT2D eigenvalue weighted by atomic mass is 15.2. The lowest BCUT2D eigenvalue weighted by atomic mass is 9.94. The Morgan fingerprint density at radius 3 is 2.69 bits per heavy atom. The Morgan fingerprint density at radius 1 is 1.31 bits per heavy atom. The lowest BCUT2D eigenvalue weighted by Gasteiger charge is -2.27. The number of nitrogens with two attached hydrogens (primary N) is 1. The van der Waals surface area contributed by atoms with Crippen LogP contribution in [0, 0.1) is 5.92 Å². The van der Waals surface area contributed by atoms with Crippen LogP contribution in [-0.4, -0.2) is 24.5 Å². The van der Waals surface area contributed by atoms with Gasteiger partial charge in [0.1, 0.15) is 0 Å². The summed E-state index contributed by atoms with van der Waals surface area (Å²) in [6.07, 6.45) is 2.47. The standard InChI is InChI=1S/C14H22N2/c1-2-9-16-10-8-13(11-15)14(16)12-6-4-3-5-7-12/h3-7,13-14H,2,8-11,15H2,1H3. The van der Waals surface area contributed by atoms with Gasteiger partial charge in [0.15, 0.2) is 0 Å². The fourth-order valence-corrected chi connectivity index (χ4v) is 2.84. The predicted molar refractivity (Wildman–Crippen MR) is 68.2 cm³/mol. The maximum atomic E-state index is 5.89. The summed E-state index contributed by atoms with van der Waals surface area (Å²) in [7, 11) is 0. The Bertz CT molecular complexity index is 310. The molecule has 2 heteroatoms. The smallest absolute Gasteiger partial charge is 0.0388 e. The SMILES string of the molecule is CCCN1CCC(CN)C1c1ccccc1. The van der Waals surface area contributed by atoms with Crippen LogP contribution in [0.5, 0.6) is 0 Å². The summed E-state index contributed by atoms with van der Waals surface area (Å²) in [5.74, 6) is 0.633. The minimum absolute atomic E-state index is 0.547. The van der Waals surface area contributed by atoms with Crippen molar-refractivity contribution in [1.29, 1.82) is 0 Å². The summed E-state index contributed by atoms with van der Waals surface area (Å²) in [4.78, 5) is 2.59. The second-order valence-electron chi connectivity index (χ2n) is 4.68. The largest absolute Gasteiger partial charge is 0.330 e. The van der Waals surface area contributed by atoms with Gasteiger partial charge < -0.3 is 5.73 Å². The molecular weight excluding hydrogens is 196 g/mol. The Labute approximate surface area is 98.4 Å². The maximum Gasteiger partial charge on any atom is 0.0388 e. The average molecular weight is 218 g/mol. The molecular formula is C14H22N2. The zero-order chi connectivity index (χ0) is 11.4. The van der Waals surface area contributed by atoms with E-state index in [1.165, 1.54) is 31.5 Å². The second kappa shape index (κ2) is 5.46. The van der Waals surface area contributed by atoms with Crippen molar-refractivity contribution in [3.63, 3.8) is 0 Å². The number of rotatable bonds is 4. The molecule has 1 aromatic rings. The van der Waals surface area contributed by atoms with Crippen LogP contribution in [0.2, 0.25) is 0 Å². The highest BCUT2D eigenvalue weighted by molar-refractivity contribution is 5.21. The van der Waals surface area contributed by atoms with Gasteiger partial charge in [0.2, 0.25) is 0 Å². The number of hydrogen-bond acceptors (Lipinski definition) is 2. The highest BCUT2D eigenvalue weighted by Crippen LogP contribution is 2.36. The molecule has 1 aliphatic heterocycles. The van der Waals surface area contributed by atoms with E-state index in [0.717, 1.165) is 6.54 Å². The zero-order valence-corrected chi connectivity index (χ0v) is 10.1. The van der Waals surface area contributed by atoms with Gasteiger partial charge >= 0.3 is 0 Å². The molecule has 0 amide bonds. The van der Waals surface area contributed by atoms with Crippen molar-refractivity contribution < 1.29 is 0 Å². The third kappa shape index (κ3) is 2.28. The molecule has 1 heterocycles. The van der Waals surface area contributed by atoms with E-state index in [4.69, 9.17) is 5.73 Å². The molecule has 88 valence electrons. The van der Waals surface area contributed by atoms with Crippen LogP contribution in [0.1, 0.15) is 31.4 Å². The molecule has 0 bridgehead atoms. The van der Waals surface area contributed by atoms with Crippen molar-refractivity contribution in [1.82, 2.24) is 4.90 Å². The second-order valence-corrected chi connectivity index (χ2v) is 4.68. The molecule has 1 saturated heterocycles. The molecule has 16 heavy (non-hydrogen) atoms. The molecule has 0 aliphatic carbocycles. The van der Waals surface area contributed by atoms with E-state index in [9.17, 15) is 0 Å². The fraction of sp³-hybridized carbons (Fsp3) is 0.571. The molecule has 2 nitrogen and oxygen atoms in total. The molecule has 2 N–H and O–H groups in total. The normalized spacial score (nSPS) is 26.1. The molecule has 2 atom stereocenters. The molecule has 0 saturated carbocycles. The minimum Gasteiger partial charge on any atom is -0.330 e. The Morgan fingerprint density at radius 2 is 2.06 bits per heavy atom. The first-order chi connectivity index (χ1) is 7.86. The molecule has 1 aliphatic rings. The van der Waals surface area contributed by atoms with E-state index in [-0.39, 0.29) is 0 Å². The Hall–Kier alpha value is -0.860. The van der Waals surface area contributed by atoms with Gasteiger partial charge in [-0.05, 0) is 44.0 Å². The minimum atomic E-state index is 0.547. The van der Waals surface area contributed by atoms with Crippen LogP contribution in [-0.2, 0) is 0 Å². The van der Waals surface area contributed by atoms with Gasteiger partial charge in [0.25, 0.3) is 0 Å². The molecule has 0 spiro atoms. The van der Waals surface area contributed by atoms with E-state index in [1.54, 1.807) is 0 Å². The van der Waals surface area contributed by atoms with Crippen molar-refractivity contribution in [2.75, 3.05) is 19.6 Å². The van der Waals surface area contributed by atoms with Crippen molar-refractivity contribution >= 4 is 0 Å². The van der Waals surface area contributed by atoms with Crippen LogP contribution >= 0.6 is 0 Å². The Balaban J connectivity index is 2.19.